The molecule has 190 valence electrons. The second-order valence-corrected chi connectivity index (χ2v) is 13.7. The average Bonchev–Trinajstić information content (AvgIpc) is 3.10. The number of rotatable bonds is 5. The van der Waals surface area contributed by atoms with Crippen LogP contribution in [0.15, 0.2) is 29.0 Å². The van der Waals surface area contributed by atoms with Gasteiger partial charge in [-0.1, -0.05) is 32.0 Å². The Balaban J connectivity index is 1.65. The highest BCUT2D eigenvalue weighted by atomic mass is 79.9. The van der Waals surface area contributed by atoms with Crippen molar-refractivity contribution in [2.45, 2.75) is 70.6 Å². The number of anilines is 1. The number of ether oxygens (including phenoxy) is 1. The van der Waals surface area contributed by atoms with Crippen molar-refractivity contribution in [1.82, 2.24) is 14.7 Å². The highest BCUT2D eigenvalue weighted by molar-refractivity contribution is 9.10. The molecule has 4 rings (SSSR count). The number of hydrogen-bond acceptors (Lipinski definition) is 6. The van der Waals surface area contributed by atoms with E-state index in [9.17, 15) is 9.00 Å². The maximum Gasteiger partial charge on any atom is 0.360 e. The molecule has 1 aliphatic carbocycles. The van der Waals surface area contributed by atoms with Crippen LogP contribution < -0.4 is 9.62 Å². The quantitative estimate of drug-likeness (QED) is 0.511. The number of fused-ring (bicyclic) bond motifs is 1. The largest absolute Gasteiger partial charge is 0.464 e. The van der Waals surface area contributed by atoms with Crippen molar-refractivity contribution in [3.05, 3.63) is 51.4 Å². The third kappa shape index (κ3) is 5.18. The Morgan fingerprint density at radius 2 is 1.97 bits per heavy atom. The first-order chi connectivity index (χ1) is 16.4. The summed E-state index contributed by atoms with van der Waals surface area (Å²) in [4.78, 5) is 23.3. The van der Waals surface area contributed by atoms with Gasteiger partial charge in [0.25, 0.3) is 0 Å². The van der Waals surface area contributed by atoms with Gasteiger partial charge in [-0.25, -0.2) is 23.7 Å². The lowest BCUT2D eigenvalue weighted by atomic mass is 9.73. The normalized spacial score (nSPS) is 20.2. The Bertz CT molecular complexity index is 1140. The number of hydrogen-bond donors (Lipinski definition) is 1. The Labute approximate surface area is 219 Å². The van der Waals surface area contributed by atoms with E-state index in [2.05, 4.69) is 67.6 Å². The van der Waals surface area contributed by atoms with E-state index in [0.29, 0.717) is 16.3 Å². The monoisotopic (exact) mass is 562 g/mol. The number of nitrogens with zero attached hydrogens (tertiary/aromatic N) is 3. The molecule has 1 fully saturated rings. The summed E-state index contributed by atoms with van der Waals surface area (Å²) in [6.07, 6.45) is 4.33. The molecule has 9 heteroatoms. The maximum absolute atomic E-state index is 13.3. The fourth-order valence-corrected chi connectivity index (χ4v) is 6.37. The number of benzene rings is 1. The molecule has 2 atom stereocenters. The Kier molecular flexibility index (Phi) is 7.42. The van der Waals surface area contributed by atoms with Crippen molar-refractivity contribution in [2.75, 3.05) is 25.1 Å². The fraction of sp³-hybridized carbons (Fsp3) is 0.577. The predicted molar refractivity (Wildman–Crippen MR) is 143 cm³/mol. The van der Waals surface area contributed by atoms with Gasteiger partial charge >= 0.3 is 5.97 Å². The average molecular weight is 564 g/mol. The van der Waals surface area contributed by atoms with Gasteiger partial charge in [0, 0.05) is 13.1 Å². The van der Waals surface area contributed by atoms with E-state index in [-0.39, 0.29) is 21.9 Å². The molecule has 35 heavy (non-hydrogen) atoms. The smallest absolute Gasteiger partial charge is 0.360 e. The van der Waals surface area contributed by atoms with E-state index in [0.717, 1.165) is 32.4 Å². The summed E-state index contributed by atoms with van der Waals surface area (Å²) in [6, 6.07) is 6.81. The Hall–Kier alpha value is -1.84. The van der Waals surface area contributed by atoms with Crippen molar-refractivity contribution in [3.63, 3.8) is 0 Å². The van der Waals surface area contributed by atoms with Crippen LogP contribution in [0.3, 0.4) is 0 Å². The molecule has 1 aromatic heterocycles. The lowest BCUT2D eigenvalue weighted by Gasteiger charge is -2.44. The minimum Gasteiger partial charge on any atom is -0.464 e. The molecule has 1 saturated heterocycles. The number of piperidine rings is 1. The molecule has 0 radical (unpaired) electrons. The number of methoxy groups -OCH3 is 1. The molecule has 2 aromatic rings. The van der Waals surface area contributed by atoms with Crippen LogP contribution >= 0.6 is 15.9 Å². The van der Waals surface area contributed by atoms with Crippen LogP contribution in [0.2, 0.25) is 0 Å². The minimum atomic E-state index is -1.19. The van der Waals surface area contributed by atoms with Crippen molar-refractivity contribution in [1.29, 1.82) is 0 Å². The number of carbonyl (C=O) groups is 1. The van der Waals surface area contributed by atoms with Crippen LogP contribution in [0, 0.1) is 5.41 Å². The van der Waals surface area contributed by atoms with Gasteiger partial charge in [0.2, 0.25) is 0 Å². The van der Waals surface area contributed by atoms with E-state index in [1.54, 1.807) is 6.20 Å². The first-order valence-corrected chi connectivity index (χ1v) is 14.1. The summed E-state index contributed by atoms with van der Waals surface area (Å²) >= 11 is 3.31. The molecule has 1 unspecified atom stereocenters. The zero-order valence-corrected chi connectivity index (χ0v) is 23.8. The van der Waals surface area contributed by atoms with Gasteiger partial charge in [-0.3, -0.25) is 0 Å². The van der Waals surface area contributed by atoms with Crippen LogP contribution in [-0.4, -0.2) is 45.1 Å². The molecular formula is C26H35BrN4O3S. The lowest BCUT2D eigenvalue weighted by molar-refractivity contribution is 0.0593. The molecule has 7 nitrogen and oxygen atoms in total. The number of esters is 1. The zero-order chi connectivity index (χ0) is 25.5. The van der Waals surface area contributed by atoms with Crippen LogP contribution in [-0.2, 0) is 22.1 Å². The van der Waals surface area contributed by atoms with Crippen molar-refractivity contribution in [3.8, 4) is 0 Å². The summed E-state index contributed by atoms with van der Waals surface area (Å²) in [5.74, 6) is 0.485. The Morgan fingerprint density at radius 3 is 2.57 bits per heavy atom. The van der Waals surface area contributed by atoms with Crippen molar-refractivity contribution in [2.24, 2.45) is 5.41 Å². The third-order valence-electron chi connectivity index (χ3n) is 7.24. The highest BCUT2D eigenvalue weighted by Gasteiger charge is 2.49. The van der Waals surface area contributed by atoms with Gasteiger partial charge in [-0.05, 0) is 84.0 Å². The molecule has 0 saturated carbocycles. The van der Waals surface area contributed by atoms with E-state index < -0.39 is 17.0 Å². The van der Waals surface area contributed by atoms with Gasteiger partial charge in [-0.2, -0.15) is 0 Å². The van der Waals surface area contributed by atoms with Crippen LogP contribution in [0.5, 0.6) is 0 Å². The van der Waals surface area contributed by atoms with Crippen LogP contribution in [0.4, 0.5) is 5.82 Å². The SMILES string of the molecule is COC(=O)c1nc(Br)cnc1N1CCC2(CC1)Cc1ccc(C(C)C)cc1[C@H]2NS(=O)C(C)(C)C. The van der Waals surface area contributed by atoms with Crippen LogP contribution in [0.1, 0.15) is 86.6 Å². The standard InChI is InChI=1S/C26H35BrN4O3S/c1-16(2)17-7-8-18-14-26(22(19(18)13-17)30-35(33)25(3,4)5)9-11-31(12-10-26)23-21(24(32)34-6)29-20(27)15-28-23/h7-8,13,15-16,22,30H,9-12,14H2,1-6H3/t22-,35?/m1/s1. The summed E-state index contributed by atoms with van der Waals surface area (Å²) in [5.41, 5.74) is 4.09. The van der Waals surface area contributed by atoms with E-state index in [1.807, 2.05) is 20.8 Å². The van der Waals surface area contributed by atoms with E-state index in [1.165, 1.54) is 23.8 Å². The number of carbonyl (C=O) groups excluding carboxylic acids is 1. The van der Waals surface area contributed by atoms with Crippen molar-refractivity contribution < 1.29 is 13.7 Å². The summed E-state index contributed by atoms with van der Waals surface area (Å²) in [6.45, 7) is 11.9. The molecule has 2 aliphatic rings. The van der Waals surface area contributed by atoms with Gasteiger partial charge in [0.15, 0.2) is 11.5 Å². The van der Waals surface area contributed by atoms with Crippen LogP contribution in [0.25, 0.3) is 0 Å². The molecule has 0 amide bonds. The fourth-order valence-electron chi connectivity index (χ4n) is 5.14. The maximum atomic E-state index is 13.3. The van der Waals surface area contributed by atoms with E-state index >= 15 is 0 Å². The third-order valence-corrected chi connectivity index (χ3v) is 9.19. The van der Waals surface area contributed by atoms with E-state index in [4.69, 9.17) is 4.74 Å². The molecule has 2 heterocycles. The second kappa shape index (κ2) is 9.90. The first kappa shape index (κ1) is 26.2. The summed E-state index contributed by atoms with van der Waals surface area (Å²) in [7, 11) is 0.164. The molecule has 1 aromatic carbocycles. The molecule has 1 spiro atoms. The number of nitrogens with one attached hydrogen (secondary N) is 1. The topological polar surface area (TPSA) is 84.4 Å². The highest BCUT2D eigenvalue weighted by Crippen LogP contribution is 2.53. The van der Waals surface area contributed by atoms with Gasteiger partial charge in [-0.15, -0.1) is 0 Å². The first-order valence-electron chi connectivity index (χ1n) is 12.1. The number of aromatic nitrogens is 2. The summed E-state index contributed by atoms with van der Waals surface area (Å²) < 4.78 is 21.9. The Morgan fingerprint density at radius 1 is 1.29 bits per heavy atom. The van der Waals surface area contributed by atoms with Gasteiger partial charge in [0.1, 0.15) is 4.60 Å². The molecular weight excluding hydrogens is 528 g/mol. The summed E-state index contributed by atoms with van der Waals surface area (Å²) in [5, 5.41) is 0. The zero-order valence-electron chi connectivity index (χ0n) is 21.4. The molecule has 1 N–H and O–H groups in total. The lowest BCUT2D eigenvalue weighted by Crippen LogP contribution is -2.48. The minimum absolute atomic E-state index is 0.00879. The van der Waals surface area contributed by atoms with Crippen molar-refractivity contribution >= 4 is 38.7 Å². The second-order valence-electron chi connectivity index (χ2n) is 10.9. The molecule has 0 bridgehead atoms. The molecule has 1 aliphatic heterocycles. The predicted octanol–water partition coefficient (Wildman–Crippen LogP) is 5.08. The number of halogens is 1. The van der Waals surface area contributed by atoms with Gasteiger partial charge < -0.3 is 9.64 Å². The van der Waals surface area contributed by atoms with Gasteiger partial charge in [0.05, 0.1) is 35.1 Å².